The maximum Gasteiger partial charge on any atom is 0.260 e. The first kappa shape index (κ1) is 33.9. The van der Waals surface area contributed by atoms with Gasteiger partial charge in [0, 0.05) is 12.1 Å². The van der Waals surface area contributed by atoms with E-state index in [1.165, 1.54) is 0 Å². The third kappa shape index (κ3) is 7.12. The molecule has 8 heteroatoms. The van der Waals surface area contributed by atoms with Gasteiger partial charge >= 0.3 is 0 Å². The van der Waals surface area contributed by atoms with Crippen LogP contribution in [-0.2, 0) is 19.4 Å². The maximum absolute atomic E-state index is 11.0. The largest absolute Gasteiger partial charge is 0.497 e. The van der Waals surface area contributed by atoms with E-state index in [-0.39, 0.29) is 12.1 Å². The second-order valence-electron chi connectivity index (χ2n) is 11.7. The molecule has 236 valence electrons. The molecule has 0 aliphatic heterocycles. The SMILES string of the molecule is CCOP(O[C@]1(C#N)CCCC[C@H]1OC(c1ccccc1)(c1ccc(OC)cc1)c1ccc(OC)cc1)N(C(C)C)C(C)C. The number of nitrogens with zero attached hydrogens (tertiary/aromatic N) is 2. The molecule has 0 amide bonds. The number of ether oxygens (including phenoxy) is 3. The van der Waals surface area contributed by atoms with Crippen molar-refractivity contribution in [2.75, 3.05) is 20.8 Å². The molecule has 7 nitrogen and oxygen atoms in total. The van der Waals surface area contributed by atoms with Gasteiger partial charge in [0.1, 0.15) is 29.3 Å². The highest BCUT2D eigenvalue weighted by Crippen LogP contribution is 2.54. The first-order chi connectivity index (χ1) is 21.2. The van der Waals surface area contributed by atoms with E-state index < -0.39 is 25.8 Å². The average molecular weight is 619 g/mol. The second-order valence-corrected chi connectivity index (χ2v) is 13.1. The van der Waals surface area contributed by atoms with Crippen molar-refractivity contribution in [3.63, 3.8) is 0 Å². The summed E-state index contributed by atoms with van der Waals surface area (Å²) in [6.45, 7) is 11.0. The first-order valence-electron chi connectivity index (χ1n) is 15.6. The van der Waals surface area contributed by atoms with E-state index in [1.807, 2.05) is 73.7 Å². The Hall–Kier alpha value is -2.98. The Balaban J connectivity index is 1.91. The van der Waals surface area contributed by atoms with Gasteiger partial charge in [0.2, 0.25) is 0 Å². The second kappa shape index (κ2) is 15.3. The fourth-order valence-corrected chi connectivity index (χ4v) is 7.91. The van der Waals surface area contributed by atoms with Gasteiger partial charge in [-0.15, -0.1) is 0 Å². The molecule has 3 aromatic rings. The number of nitriles is 1. The van der Waals surface area contributed by atoms with Gasteiger partial charge in [-0.05, 0) is 94.8 Å². The van der Waals surface area contributed by atoms with Crippen LogP contribution in [0.4, 0.5) is 0 Å². The van der Waals surface area contributed by atoms with Crippen LogP contribution in [0.1, 0.15) is 77.0 Å². The molecule has 0 N–H and O–H groups in total. The molecule has 1 unspecified atom stereocenters. The molecule has 4 rings (SSSR count). The third-order valence-electron chi connectivity index (χ3n) is 8.19. The summed E-state index contributed by atoms with van der Waals surface area (Å²) in [7, 11) is 1.80. The van der Waals surface area contributed by atoms with E-state index in [0.29, 0.717) is 19.4 Å². The van der Waals surface area contributed by atoms with Crippen LogP contribution in [0, 0.1) is 11.3 Å². The minimum atomic E-state index is -1.53. The van der Waals surface area contributed by atoms with Crippen LogP contribution in [0.3, 0.4) is 0 Å². The summed E-state index contributed by atoms with van der Waals surface area (Å²) in [5.41, 5.74) is 0.526. The molecule has 0 aromatic heterocycles. The molecule has 1 fully saturated rings. The number of hydrogen-bond donors (Lipinski definition) is 0. The summed E-state index contributed by atoms with van der Waals surface area (Å²) in [4.78, 5) is 0. The standard InChI is InChI=1S/C36H47N2O5P/c1-8-41-44(38(27(2)3)28(4)5)43-35(26-37)25-13-12-16-34(35)42-36(29-14-10-9-11-15-29,30-17-21-32(39-6)22-18-30)31-19-23-33(40-7)24-20-31/h9-11,14-15,17-24,27-28,34H,8,12-13,16,25H2,1-7H3/t34-,35+,44?/m1/s1. The number of benzene rings is 3. The molecule has 0 spiro atoms. The van der Waals surface area contributed by atoms with Gasteiger partial charge < -0.3 is 18.7 Å². The van der Waals surface area contributed by atoms with Crippen LogP contribution in [0.25, 0.3) is 0 Å². The average Bonchev–Trinajstić information content (AvgIpc) is 3.04. The number of hydrogen-bond acceptors (Lipinski definition) is 7. The monoisotopic (exact) mass is 618 g/mol. The molecular weight excluding hydrogens is 571 g/mol. The quantitative estimate of drug-likeness (QED) is 0.132. The Labute approximate surface area is 265 Å². The molecule has 0 saturated heterocycles. The van der Waals surface area contributed by atoms with Crippen LogP contribution < -0.4 is 9.47 Å². The summed E-state index contributed by atoms with van der Waals surface area (Å²) in [6, 6.07) is 29.2. The molecule has 3 aromatic carbocycles. The highest BCUT2D eigenvalue weighted by atomic mass is 31.2. The Bertz CT molecular complexity index is 1290. The molecule has 44 heavy (non-hydrogen) atoms. The smallest absolute Gasteiger partial charge is 0.260 e. The first-order valence-corrected chi connectivity index (χ1v) is 16.7. The zero-order chi connectivity index (χ0) is 31.7. The van der Waals surface area contributed by atoms with E-state index in [9.17, 15) is 5.26 Å². The minimum absolute atomic E-state index is 0.174. The summed E-state index contributed by atoms with van der Waals surface area (Å²) in [5.74, 6) is 1.50. The van der Waals surface area contributed by atoms with E-state index in [1.54, 1.807) is 14.2 Å². The van der Waals surface area contributed by atoms with Crippen molar-refractivity contribution in [2.45, 2.75) is 89.7 Å². The van der Waals surface area contributed by atoms with Crippen molar-refractivity contribution in [2.24, 2.45) is 0 Å². The Morgan fingerprint density at radius 2 is 1.36 bits per heavy atom. The van der Waals surface area contributed by atoms with Gasteiger partial charge in [-0.25, -0.2) is 4.67 Å². The van der Waals surface area contributed by atoms with Crippen molar-refractivity contribution in [1.82, 2.24) is 4.67 Å². The summed E-state index contributed by atoms with van der Waals surface area (Å²) >= 11 is 0. The van der Waals surface area contributed by atoms with Gasteiger partial charge in [-0.2, -0.15) is 5.26 Å². The number of rotatable bonds is 14. The van der Waals surface area contributed by atoms with Gasteiger partial charge in [0.25, 0.3) is 8.53 Å². The third-order valence-corrected chi connectivity index (χ3v) is 10.5. The zero-order valence-electron chi connectivity index (χ0n) is 27.2. The van der Waals surface area contributed by atoms with Crippen LogP contribution in [0.15, 0.2) is 78.9 Å². The predicted molar refractivity (Wildman–Crippen MR) is 176 cm³/mol. The van der Waals surface area contributed by atoms with Crippen LogP contribution >= 0.6 is 8.53 Å². The predicted octanol–water partition coefficient (Wildman–Crippen LogP) is 8.62. The molecular formula is C36H47N2O5P. The topological polar surface area (TPSA) is 73.2 Å². The lowest BCUT2D eigenvalue weighted by Gasteiger charge is -2.47. The van der Waals surface area contributed by atoms with Crippen LogP contribution in [0.2, 0.25) is 0 Å². The molecule has 0 heterocycles. The van der Waals surface area contributed by atoms with E-state index in [2.05, 4.69) is 50.6 Å². The molecule has 1 aliphatic rings. The van der Waals surface area contributed by atoms with Gasteiger partial charge in [0.15, 0.2) is 5.60 Å². The maximum atomic E-state index is 11.0. The van der Waals surface area contributed by atoms with Crippen LogP contribution in [0.5, 0.6) is 11.5 Å². The lowest BCUT2D eigenvalue weighted by atomic mass is 9.77. The molecule has 3 atom stereocenters. The zero-order valence-corrected chi connectivity index (χ0v) is 28.1. The van der Waals surface area contributed by atoms with Crippen LogP contribution in [-0.4, -0.2) is 49.3 Å². The van der Waals surface area contributed by atoms with Gasteiger partial charge in [-0.1, -0.05) is 61.0 Å². The fourth-order valence-electron chi connectivity index (χ4n) is 6.12. The normalized spacial score (nSPS) is 19.6. The summed E-state index contributed by atoms with van der Waals surface area (Å²) in [5, 5.41) is 11.0. The molecule has 0 radical (unpaired) electrons. The van der Waals surface area contributed by atoms with E-state index in [0.717, 1.165) is 41.0 Å². The van der Waals surface area contributed by atoms with Crippen molar-refractivity contribution < 1.29 is 23.3 Å². The Morgan fingerprint density at radius 1 is 0.841 bits per heavy atom. The van der Waals surface area contributed by atoms with Gasteiger partial charge in [0.05, 0.1) is 20.8 Å². The number of methoxy groups -OCH3 is 2. The minimum Gasteiger partial charge on any atom is -0.497 e. The van der Waals surface area contributed by atoms with Crippen molar-refractivity contribution in [1.29, 1.82) is 5.26 Å². The highest BCUT2D eigenvalue weighted by molar-refractivity contribution is 7.44. The van der Waals surface area contributed by atoms with Gasteiger partial charge in [-0.3, -0.25) is 4.52 Å². The van der Waals surface area contributed by atoms with Crippen molar-refractivity contribution in [3.8, 4) is 17.6 Å². The van der Waals surface area contributed by atoms with Crippen molar-refractivity contribution >= 4 is 8.53 Å². The fraction of sp³-hybridized carbons (Fsp3) is 0.472. The Morgan fingerprint density at radius 3 is 1.82 bits per heavy atom. The summed E-state index contributed by atoms with van der Waals surface area (Å²) < 4.78 is 34.0. The molecule has 1 aliphatic carbocycles. The van der Waals surface area contributed by atoms with E-state index >= 15 is 0 Å². The Kier molecular flexibility index (Phi) is 11.8. The molecule has 1 saturated carbocycles. The lowest BCUT2D eigenvalue weighted by molar-refractivity contribution is -0.139. The highest BCUT2D eigenvalue weighted by Gasteiger charge is 2.52. The van der Waals surface area contributed by atoms with Crippen molar-refractivity contribution in [3.05, 3.63) is 95.6 Å². The lowest BCUT2D eigenvalue weighted by Crippen LogP contribution is -2.52. The summed E-state index contributed by atoms with van der Waals surface area (Å²) in [6.07, 6.45) is 2.48. The molecule has 0 bridgehead atoms. The van der Waals surface area contributed by atoms with E-state index in [4.69, 9.17) is 23.3 Å².